The molecular formula is C29H37N3. The van der Waals surface area contributed by atoms with Crippen molar-refractivity contribution >= 4 is 0 Å². The second-order valence-corrected chi connectivity index (χ2v) is 9.10. The first-order chi connectivity index (χ1) is 15.7. The highest BCUT2D eigenvalue weighted by molar-refractivity contribution is 5.22. The maximum Gasteiger partial charge on any atom is 0.0357 e. The summed E-state index contributed by atoms with van der Waals surface area (Å²) >= 11 is 0. The largest absolute Gasteiger partial charge is 0.310 e. The van der Waals surface area contributed by atoms with Crippen molar-refractivity contribution in [2.75, 3.05) is 33.7 Å². The lowest BCUT2D eigenvalue weighted by Gasteiger charge is -2.35. The van der Waals surface area contributed by atoms with Crippen molar-refractivity contribution in [1.29, 1.82) is 0 Å². The van der Waals surface area contributed by atoms with Gasteiger partial charge in [-0.1, -0.05) is 91.0 Å². The van der Waals surface area contributed by atoms with Crippen LogP contribution in [0.5, 0.6) is 0 Å². The highest BCUT2D eigenvalue weighted by atomic mass is 15.2. The van der Waals surface area contributed by atoms with Crippen molar-refractivity contribution in [2.24, 2.45) is 0 Å². The Morgan fingerprint density at radius 1 is 0.562 bits per heavy atom. The maximum atomic E-state index is 3.90. The Labute approximate surface area is 194 Å². The van der Waals surface area contributed by atoms with Gasteiger partial charge >= 0.3 is 0 Å². The van der Waals surface area contributed by atoms with Gasteiger partial charge in [0.2, 0.25) is 0 Å². The summed E-state index contributed by atoms with van der Waals surface area (Å²) in [5.41, 5.74) is 4.22. The molecule has 0 saturated carbocycles. The molecule has 0 aliphatic carbocycles. The Hall–Kier alpha value is -2.46. The zero-order valence-corrected chi connectivity index (χ0v) is 19.5. The molecule has 0 amide bonds. The Morgan fingerprint density at radius 3 is 1.53 bits per heavy atom. The summed E-state index contributed by atoms with van der Waals surface area (Å²) in [7, 11) is 4.58. The minimum atomic E-state index is 0.372. The van der Waals surface area contributed by atoms with Crippen molar-refractivity contribution in [1.82, 2.24) is 15.1 Å². The molecule has 1 fully saturated rings. The van der Waals surface area contributed by atoms with Gasteiger partial charge in [0.1, 0.15) is 0 Å². The van der Waals surface area contributed by atoms with E-state index in [2.05, 4.69) is 120 Å². The molecule has 168 valence electrons. The van der Waals surface area contributed by atoms with E-state index in [-0.39, 0.29) is 0 Å². The molecule has 1 N–H and O–H groups in total. The summed E-state index contributed by atoms with van der Waals surface area (Å²) in [6.07, 6.45) is 3.34. The molecule has 4 rings (SSSR count). The van der Waals surface area contributed by atoms with Crippen LogP contribution >= 0.6 is 0 Å². The molecule has 3 aromatic carbocycles. The van der Waals surface area contributed by atoms with Crippen molar-refractivity contribution in [3.8, 4) is 0 Å². The van der Waals surface area contributed by atoms with Crippen molar-refractivity contribution < 1.29 is 0 Å². The highest BCUT2D eigenvalue weighted by Gasteiger charge is 2.24. The average molecular weight is 428 g/mol. The monoisotopic (exact) mass is 427 g/mol. The van der Waals surface area contributed by atoms with Gasteiger partial charge in [0.05, 0.1) is 0 Å². The van der Waals surface area contributed by atoms with Crippen LogP contribution in [-0.2, 0) is 0 Å². The van der Waals surface area contributed by atoms with E-state index in [1.165, 1.54) is 16.7 Å². The van der Waals surface area contributed by atoms with Crippen LogP contribution in [0.2, 0.25) is 0 Å². The van der Waals surface area contributed by atoms with E-state index >= 15 is 0 Å². The van der Waals surface area contributed by atoms with Crippen LogP contribution in [0.15, 0.2) is 91.0 Å². The van der Waals surface area contributed by atoms with Gasteiger partial charge in [-0.2, -0.15) is 0 Å². The van der Waals surface area contributed by atoms with Crippen LogP contribution in [0.3, 0.4) is 0 Å². The topological polar surface area (TPSA) is 18.5 Å². The molecule has 0 radical (unpaired) electrons. The summed E-state index contributed by atoms with van der Waals surface area (Å²) in [6, 6.07) is 34.2. The third-order valence-corrected chi connectivity index (χ3v) is 6.97. The molecular weight excluding hydrogens is 390 g/mol. The number of rotatable bonds is 3. The third kappa shape index (κ3) is 5.86. The lowest BCUT2D eigenvalue weighted by molar-refractivity contribution is 0.164. The van der Waals surface area contributed by atoms with Gasteiger partial charge in [0.15, 0.2) is 0 Å². The molecule has 3 nitrogen and oxygen atoms in total. The van der Waals surface area contributed by atoms with Gasteiger partial charge in [-0.25, -0.2) is 0 Å². The standard InChI is InChI=1S/C29H37N3/c1-31-22-19-27(24-12-6-3-7-13-24)30-21-18-28(25-14-8-4-9-15-25)32(2)23-20-29(31)26-16-10-5-11-17-26/h3-17,27-30H,18-23H2,1-2H3. The highest BCUT2D eigenvalue weighted by Crippen LogP contribution is 2.29. The van der Waals surface area contributed by atoms with Crippen LogP contribution in [0.25, 0.3) is 0 Å². The minimum absolute atomic E-state index is 0.372. The number of hydrogen-bond acceptors (Lipinski definition) is 3. The average Bonchev–Trinajstić information content (AvgIpc) is 2.84. The lowest BCUT2D eigenvalue weighted by Crippen LogP contribution is -2.36. The fraction of sp³-hybridized carbons (Fsp3) is 0.379. The SMILES string of the molecule is CN1CCC(c2ccccc2)NCCC(c2ccccc2)N(C)CCC1c1ccccc1. The molecule has 3 unspecified atom stereocenters. The summed E-state index contributed by atoms with van der Waals surface area (Å²) in [5.74, 6) is 0. The summed E-state index contributed by atoms with van der Waals surface area (Å²) in [5, 5.41) is 3.90. The zero-order chi connectivity index (χ0) is 22.2. The van der Waals surface area contributed by atoms with Crippen LogP contribution in [0.1, 0.15) is 54.1 Å². The Balaban J connectivity index is 1.61. The number of benzene rings is 3. The second-order valence-electron chi connectivity index (χ2n) is 9.10. The molecule has 0 spiro atoms. The van der Waals surface area contributed by atoms with E-state index in [9.17, 15) is 0 Å². The van der Waals surface area contributed by atoms with Gasteiger partial charge in [-0.3, -0.25) is 9.80 Å². The summed E-state index contributed by atoms with van der Waals surface area (Å²) in [6.45, 7) is 3.15. The van der Waals surface area contributed by atoms with E-state index in [4.69, 9.17) is 0 Å². The van der Waals surface area contributed by atoms with E-state index in [1.807, 2.05) is 0 Å². The number of nitrogens with one attached hydrogen (secondary N) is 1. The van der Waals surface area contributed by atoms with Gasteiger partial charge in [0.25, 0.3) is 0 Å². The van der Waals surface area contributed by atoms with Gasteiger partial charge in [0, 0.05) is 31.2 Å². The molecule has 0 bridgehead atoms. The molecule has 1 heterocycles. The number of nitrogens with zero attached hydrogens (tertiary/aromatic N) is 2. The first-order valence-electron chi connectivity index (χ1n) is 12.0. The van der Waals surface area contributed by atoms with E-state index in [0.717, 1.165) is 38.9 Å². The lowest BCUT2D eigenvalue weighted by atomic mass is 9.97. The van der Waals surface area contributed by atoms with E-state index in [1.54, 1.807) is 0 Å². The summed E-state index contributed by atoms with van der Waals surface area (Å²) in [4.78, 5) is 5.11. The first-order valence-corrected chi connectivity index (χ1v) is 12.0. The Morgan fingerprint density at radius 2 is 1.00 bits per heavy atom. The summed E-state index contributed by atoms with van der Waals surface area (Å²) < 4.78 is 0. The molecule has 32 heavy (non-hydrogen) atoms. The van der Waals surface area contributed by atoms with Crippen LogP contribution in [-0.4, -0.2) is 43.5 Å². The molecule has 3 atom stereocenters. The van der Waals surface area contributed by atoms with E-state index in [0.29, 0.717) is 18.1 Å². The number of hydrogen-bond donors (Lipinski definition) is 1. The van der Waals surface area contributed by atoms with Crippen LogP contribution < -0.4 is 5.32 Å². The molecule has 0 aromatic heterocycles. The minimum Gasteiger partial charge on any atom is -0.310 e. The van der Waals surface area contributed by atoms with Crippen molar-refractivity contribution in [2.45, 2.75) is 37.4 Å². The van der Waals surface area contributed by atoms with Crippen LogP contribution in [0.4, 0.5) is 0 Å². The fourth-order valence-corrected chi connectivity index (χ4v) is 5.07. The Bertz CT molecular complexity index is 913. The quantitative estimate of drug-likeness (QED) is 0.566. The van der Waals surface area contributed by atoms with Gasteiger partial charge in [-0.05, 0) is 56.6 Å². The molecule has 3 heteroatoms. The second kappa shape index (κ2) is 11.4. The molecule has 1 saturated heterocycles. The van der Waals surface area contributed by atoms with Crippen molar-refractivity contribution in [3.05, 3.63) is 108 Å². The normalized spacial score (nSPS) is 24.4. The third-order valence-electron chi connectivity index (χ3n) is 6.97. The predicted octanol–water partition coefficient (Wildman–Crippen LogP) is 5.85. The zero-order valence-electron chi connectivity index (χ0n) is 19.5. The van der Waals surface area contributed by atoms with Crippen LogP contribution in [0, 0.1) is 0 Å². The predicted molar refractivity (Wildman–Crippen MR) is 135 cm³/mol. The van der Waals surface area contributed by atoms with Gasteiger partial charge in [-0.15, -0.1) is 0 Å². The smallest absolute Gasteiger partial charge is 0.0357 e. The molecule has 1 aliphatic rings. The van der Waals surface area contributed by atoms with Crippen molar-refractivity contribution in [3.63, 3.8) is 0 Å². The van der Waals surface area contributed by atoms with E-state index < -0.39 is 0 Å². The van der Waals surface area contributed by atoms with Gasteiger partial charge < -0.3 is 5.32 Å². The fourth-order valence-electron chi connectivity index (χ4n) is 5.07. The molecule has 1 aliphatic heterocycles. The first kappa shape index (κ1) is 22.7. The Kier molecular flexibility index (Phi) is 8.11. The molecule has 3 aromatic rings. The maximum absolute atomic E-state index is 3.90.